The number of carbonyl (C=O) groups is 2. The van der Waals surface area contributed by atoms with Gasteiger partial charge in [-0.2, -0.15) is 0 Å². The number of piperazine rings is 2. The number of aryl methyl sites for hydroxylation is 2. The number of likely N-dealkylation sites (N-methyl/N-ethyl adjacent to an activating group) is 1. The van der Waals surface area contributed by atoms with Crippen LogP contribution in [0.1, 0.15) is 13.8 Å². The molecule has 2 aliphatic rings. The Morgan fingerprint density at radius 3 is 2.20 bits per heavy atom. The Kier molecular flexibility index (Phi) is 10.5. The van der Waals surface area contributed by atoms with Crippen LogP contribution in [0.3, 0.4) is 0 Å². The quantitative estimate of drug-likeness (QED) is 0.221. The summed E-state index contributed by atoms with van der Waals surface area (Å²) >= 11 is 0.781. The van der Waals surface area contributed by atoms with Crippen molar-refractivity contribution >= 4 is 67.3 Å². The van der Waals surface area contributed by atoms with Gasteiger partial charge in [-0.3, -0.25) is 19.7 Å². The molecule has 19 heteroatoms. The van der Waals surface area contributed by atoms with Crippen molar-refractivity contribution in [3.63, 3.8) is 0 Å². The molecule has 2 aliphatic heterocycles. The molecule has 2 aromatic carbocycles. The van der Waals surface area contributed by atoms with Crippen LogP contribution in [0, 0.1) is 17.5 Å². The number of amides is 3. The molecule has 14 nitrogen and oxygen atoms in total. The van der Waals surface area contributed by atoms with E-state index in [4.69, 9.17) is 0 Å². The minimum atomic E-state index is -0.962. The van der Waals surface area contributed by atoms with E-state index < -0.39 is 41.0 Å². The van der Waals surface area contributed by atoms with E-state index in [1.165, 1.54) is 23.9 Å². The van der Waals surface area contributed by atoms with E-state index in [1.54, 1.807) is 20.4 Å². The first kappa shape index (κ1) is 37.7. The smallest absolute Gasteiger partial charge is 0.325 e. The molecule has 0 aliphatic carbocycles. The highest BCUT2D eigenvalue weighted by atomic mass is 32.1. The van der Waals surface area contributed by atoms with Crippen molar-refractivity contribution in [3.05, 3.63) is 68.5 Å². The lowest BCUT2D eigenvalue weighted by Gasteiger charge is -2.36. The molecule has 5 heterocycles. The first-order valence-electron chi connectivity index (χ1n) is 17.7. The number of pyridine rings is 2. The summed E-state index contributed by atoms with van der Waals surface area (Å²) < 4.78 is 63.6. The van der Waals surface area contributed by atoms with Crippen LogP contribution in [-0.2, 0) is 17.9 Å². The minimum absolute atomic E-state index is 0.00759. The third-order valence-electron chi connectivity index (χ3n) is 10.1. The van der Waals surface area contributed by atoms with Crippen molar-refractivity contribution in [2.24, 2.45) is 0 Å². The van der Waals surface area contributed by atoms with E-state index >= 15 is 13.2 Å². The maximum Gasteiger partial charge on any atom is 0.325 e. The average molecular weight is 783 g/mol. The summed E-state index contributed by atoms with van der Waals surface area (Å²) in [6.45, 7) is 6.12. The standard InChI is InChI=1S/C36H38F4N10O4S/c1-4-46-19-26(33(53)21-15-24(38)28(17-27(21)46)48-13-11-47(12-14-48)20(2)51)41-35(54)42-36-44-43-34(55-36)23-18-50(6-5-37)30-22(32(23)52)16-25(39)31(29(30)40)49-9-7-45(3)8-10-49/h15-19H,4-14H2,1-3H3,(H2,41,42,44,54). The molecule has 0 saturated carbocycles. The molecule has 0 atom stereocenters. The number of urea groups is 1. The summed E-state index contributed by atoms with van der Waals surface area (Å²) in [5.74, 6) is -2.55. The van der Waals surface area contributed by atoms with E-state index in [2.05, 4.69) is 20.8 Å². The molecule has 7 rings (SSSR count). The largest absolute Gasteiger partial charge is 0.366 e. The molecule has 5 aromatic rings. The second kappa shape index (κ2) is 15.3. The molecule has 55 heavy (non-hydrogen) atoms. The van der Waals surface area contributed by atoms with Crippen LogP contribution in [-0.4, -0.2) is 107 Å². The van der Waals surface area contributed by atoms with Gasteiger partial charge in [0.1, 0.15) is 29.7 Å². The Hall–Kier alpha value is -5.56. The van der Waals surface area contributed by atoms with Crippen LogP contribution in [0.2, 0.25) is 0 Å². The van der Waals surface area contributed by atoms with Gasteiger partial charge in [0.15, 0.2) is 16.3 Å². The molecule has 3 aromatic heterocycles. The minimum Gasteiger partial charge on any atom is -0.366 e. The number of alkyl halides is 1. The van der Waals surface area contributed by atoms with Crippen molar-refractivity contribution < 1.29 is 27.2 Å². The van der Waals surface area contributed by atoms with Gasteiger partial charge in [0.25, 0.3) is 0 Å². The van der Waals surface area contributed by atoms with E-state index in [1.807, 2.05) is 23.8 Å². The van der Waals surface area contributed by atoms with Gasteiger partial charge in [0.05, 0.1) is 39.6 Å². The monoisotopic (exact) mass is 782 g/mol. The number of nitrogens with one attached hydrogen (secondary N) is 2. The number of halogens is 4. The van der Waals surface area contributed by atoms with Crippen molar-refractivity contribution in [1.82, 2.24) is 29.1 Å². The number of fused-ring (bicyclic) bond motifs is 2. The first-order valence-corrected chi connectivity index (χ1v) is 18.5. The number of benzene rings is 2. The number of rotatable bonds is 8. The second-order valence-corrected chi connectivity index (χ2v) is 14.4. The predicted octanol–water partition coefficient (Wildman–Crippen LogP) is 4.31. The van der Waals surface area contributed by atoms with Crippen molar-refractivity contribution in [2.45, 2.75) is 26.9 Å². The molecule has 2 N–H and O–H groups in total. The van der Waals surface area contributed by atoms with Crippen LogP contribution in [0.15, 0.2) is 40.2 Å². The fourth-order valence-electron chi connectivity index (χ4n) is 7.10. The summed E-state index contributed by atoms with van der Waals surface area (Å²) in [6, 6.07) is 2.81. The number of carbonyl (C=O) groups excluding carboxylic acids is 2. The van der Waals surface area contributed by atoms with Crippen LogP contribution in [0.4, 0.5) is 44.5 Å². The Morgan fingerprint density at radius 1 is 0.836 bits per heavy atom. The third kappa shape index (κ3) is 7.20. The van der Waals surface area contributed by atoms with Crippen molar-refractivity contribution in [2.75, 3.05) is 86.5 Å². The molecular formula is C36H38F4N10O4S. The topological polar surface area (TPSA) is 141 Å². The zero-order valence-corrected chi connectivity index (χ0v) is 31.1. The summed E-state index contributed by atoms with van der Waals surface area (Å²) in [5, 5.41) is 12.5. The van der Waals surface area contributed by atoms with Crippen molar-refractivity contribution in [1.29, 1.82) is 0 Å². The number of hydrogen-bond acceptors (Lipinski definition) is 10. The number of nitrogens with zero attached hydrogens (tertiary/aromatic N) is 8. The summed E-state index contributed by atoms with van der Waals surface area (Å²) in [4.78, 5) is 59.1. The summed E-state index contributed by atoms with van der Waals surface area (Å²) in [5.41, 5.74) is -1.38. The van der Waals surface area contributed by atoms with Gasteiger partial charge in [0.2, 0.25) is 16.5 Å². The number of anilines is 4. The Morgan fingerprint density at radius 2 is 1.53 bits per heavy atom. The van der Waals surface area contributed by atoms with Gasteiger partial charge < -0.3 is 34.1 Å². The Bertz CT molecular complexity index is 2440. The summed E-state index contributed by atoms with van der Waals surface area (Å²) in [7, 11) is 1.90. The average Bonchev–Trinajstić information content (AvgIpc) is 3.62. The van der Waals surface area contributed by atoms with Gasteiger partial charge in [-0.05, 0) is 32.2 Å². The van der Waals surface area contributed by atoms with Gasteiger partial charge in [-0.1, -0.05) is 11.3 Å². The SMILES string of the molecule is CCn1cc(NC(=O)Nc2nnc(-c3cn(CCF)c4c(F)c(N5CCN(C)CC5)c(F)cc4c3=O)s2)c(=O)c2cc(F)c(N3CCN(C(C)=O)CC3)cc21. The lowest BCUT2D eigenvalue weighted by atomic mass is 10.1. The Balaban J connectivity index is 1.13. The zero-order valence-electron chi connectivity index (χ0n) is 30.3. The predicted molar refractivity (Wildman–Crippen MR) is 204 cm³/mol. The maximum absolute atomic E-state index is 16.0. The van der Waals surface area contributed by atoms with E-state index in [0.717, 1.165) is 23.5 Å². The first-order chi connectivity index (χ1) is 26.4. The van der Waals surface area contributed by atoms with E-state index in [9.17, 15) is 23.6 Å². The Labute approximate surface area is 315 Å². The van der Waals surface area contributed by atoms with Gasteiger partial charge in [-0.25, -0.2) is 22.4 Å². The van der Waals surface area contributed by atoms with E-state index in [-0.39, 0.29) is 55.8 Å². The molecular weight excluding hydrogens is 745 g/mol. The van der Waals surface area contributed by atoms with Gasteiger partial charge in [-0.15, -0.1) is 10.2 Å². The maximum atomic E-state index is 16.0. The van der Waals surface area contributed by atoms with Crippen molar-refractivity contribution in [3.8, 4) is 10.6 Å². The van der Waals surface area contributed by atoms with Gasteiger partial charge in [0, 0.05) is 78.2 Å². The molecule has 2 fully saturated rings. The number of aromatic nitrogens is 4. The molecule has 3 amide bonds. The van der Waals surface area contributed by atoms with Crippen LogP contribution < -0.4 is 31.3 Å². The number of hydrogen-bond donors (Lipinski definition) is 2. The fraction of sp³-hybridized carbons (Fsp3) is 0.389. The van der Waals surface area contributed by atoms with Crippen LogP contribution in [0.5, 0.6) is 0 Å². The lowest BCUT2D eigenvalue weighted by molar-refractivity contribution is -0.129. The molecule has 0 unspecified atom stereocenters. The molecule has 0 spiro atoms. The van der Waals surface area contributed by atoms with E-state index in [0.29, 0.717) is 70.1 Å². The highest BCUT2D eigenvalue weighted by molar-refractivity contribution is 7.18. The highest BCUT2D eigenvalue weighted by Crippen LogP contribution is 2.33. The fourth-order valence-corrected chi connectivity index (χ4v) is 7.85. The molecule has 0 radical (unpaired) electrons. The summed E-state index contributed by atoms with van der Waals surface area (Å²) in [6.07, 6.45) is 2.68. The molecule has 2 saturated heterocycles. The van der Waals surface area contributed by atoms with Gasteiger partial charge >= 0.3 is 6.03 Å². The highest BCUT2D eigenvalue weighted by Gasteiger charge is 2.27. The molecule has 0 bridgehead atoms. The van der Waals surface area contributed by atoms with Crippen LogP contribution in [0.25, 0.3) is 32.4 Å². The van der Waals surface area contributed by atoms with Crippen LogP contribution >= 0.6 is 11.3 Å². The zero-order chi connectivity index (χ0) is 39.1. The lowest BCUT2D eigenvalue weighted by Crippen LogP contribution is -2.48. The normalized spacial score (nSPS) is 15.3. The third-order valence-corrected chi connectivity index (χ3v) is 10.9. The second-order valence-electron chi connectivity index (χ2n) is 13.4. The molecule has 290 valence electrons.